The van der Waals surface area contributed by atoms with Gasteiger partial charge in [-0.3, -0.25) is 0 Å². The Morgan fingerprint density at radius 1 is 0.218 bits per heavy atom. The number of anilines is 3. The third-order valence-corrected chi connectivity index (χ3v) is 10.8. The van der Waals surface area contributed by atoms with Gasteiger partial charge in [-0.25, -0.2) is 0 Å². The first-order chi connectivity index (χ1) is 27.2. The van der Waals surface area contributed by atoms with E-state index in [-0.39, 0.29) is 0 Å². The molecule has 0 bridgehead atoms. The molecule has 0 spiro atoms. The van der Waals surface area contributed by atoms with Crippen LogP contribution in [0.1, 0.15) is 0 Å². The van der Waals surface area contributed by atoms with Crippen LogP contribution in [0.15, 0.2) is 224 Å². The Balaban J connectivity index is 1.01. The zero-order valence-electron chi connectivity index (χ0n) is 30.3. The molecule has 0 saturated carbocycles. The summed E-state index contributed by atoms with van der Waals surface area (Å²) in [7, 11) is 0. The fourth-order valence-corrected chi connectivity index (χ4v) is 8.01. The van der Waals surface area contributed by atoms with Gasteiger partial charge in [0.05, 0.1) is 0 Å². The molecular formula is C54H37N. The average molecular weight is 700 g/mol. The lowest BCUT2D eigenvalue weighted by Gasteiger charge is -2.26. The van der Waals surface area contributed by atoms with Crippen molar-refractivity contribution in [1.29, 1.82) is 0 Å². The molecule has 0 aromatic heterocycles. The highest BCUT2D eigenvalue weighted by atomic mass is 15.1. The summed E-state index contributed by atoms with van der Waals surface area (Å²) < 4.78 is 0. The summed E-state index contributed by atoms with van der Waals surface area (Å²) in [6.45, 7) is 0. The molecule has 0 radical (unpaired) electrons. The van der Waals surface area contributed by atoms with Gasteiger partial charge >= 0.3 is 0 Å². The first-order valence-electron chi connectivity index (χ1n) is 18.9. The molecule has 1 nitrogen and oxygen atoms in total. The van der Waals surface area contributed by atoms with Gasteiger partial charge in [-0.2, -0.15) is 0 Å². The largest absolute Gasteiger partial charge is 0.310 e. The Morgan fingerprint density at radius 2 is 0.636 bits per heavy atom. The van der Waals surface area contributed by atoms with Gasteiger partial charge in [-0.15, -0.1) is 0 Å². The van der Waals surface area contributed by atoms with Crippen molar-refractivity contribution in [3.8, 4) is 44.5 Å². The first-order valence-corrected chi connectivity index (χ1v) is 18.9. The second-order valence-electron chi connectivity index (χ2n) is 14.2. The van der Waals surface area contributed by atoms with Gasteiger partial charge in [-0.1, -0.05) is 182 Å². The average Bonchev–Trinajstić information content (AvgIpc) is 3.27. The zero-order valence-corrected chi connectivity index (χ0v) is 30.3. The van der Waals surface area contributed by atoms with Crippen LogP contribution in [0.4, 0.5) is 17.1 Å². The second kappa shape index (κ2) is 14.0. The van der Waals surface area contributed by atoms with Gasteiger partial charge in [0.2, 0.25) is 0 Å². The predicted octanol–water partition coefficient (Wildman–Crippen LogP) is 15.3. The lowest BCUT2D eigenvalue weighted by molar-refractivity contribution is 1.28. The minimum absolute atomic E-state index is 1.10. The number of benzene rings is 10. The summed E-state index contributed by atoms with van der Waals surface area (Å²) in [6, 6.07) is 81.3. The fourth-order valence-electron chi connectivity index (χ4n) is 8.01. The molecule has 258 valence electrons. The number of hydrogen-bond acceptors (Lipinski definition) is 1. The normalized spacial score (nSPS) is 11.3. The van der Waals surface area contributed by atoms with E-state index in [1.165, 1.54) is 76.8 Å². The van der Waals surface area contributed by atoms with Crippen LogP contribution >= 0.6 is 0 Å². The molecule has 0 heterocycles. The quantitative estimate of drug-likeness (QED) is 0.150. The highest BCUT2D eigenvalue weighted by Crippen LogP contribution is 2.39. The second-order valence-corrected chi connectivity index (χ2v) is 14.2. The van der Waals surface area contributed by atoms with Crippen molar-refractivity contribution >= 4 is 49.4 Å². The molecule has 0 amide bonds. The van der Waals surface area contributed by atoms with E-state index < -0.39 is 0 Å². The van der Waals surface area contributed by atoms with Crippen LogP contribution in [0.5, 0.6) is 0 Å². The maximum Gasteiger partial charge on any atom is 0.0467 e. The van der Waals surface area contributed by atoms with E-state index in [1.807, 2.05) is 0 Å². The van der Waals surface area contributed by atoms with Crippen molar-refractivity contribution in [2.45, 2.75) is 0 Å². The van der Waals surface area contributed by atoms with Gasteiger partial charge in [0.25, 0.3) is 0 Å². The van der Waals surface area contributed by atoms with E-state index in [0.29, 0.717) is 0 Å². The van der Waals surface area contributed by atoms with Crippen LogP contribution < -0.4 is 4.90 Å². The van der Waals surface area contributed by atoms with E-state index in [0.717, 1.165) is 17.1 Å². The van der Waals surface area contributed by atoms with E-state index >= 15 is 0 Å². The standard InChI is InChI=1S/C54H37N/c1-3-10-38(11-4-1)40-18-20-41(21-19-40)42-26-31-49(32-27-42)55(51-16-9-15-46(37-51)39-12-5-2-6-13-39)50-33-28-43(29-34-50)47-30-35-53-48(36-47)25-24-45-23-22-44-14-7-8-17-52(44)54(45)53/h1-37H. The predicted molar refractivity (Wildman–Crippen MR) is 235 cm³/mol. The molecule has 0 N–H and O–H groups in total. The Kier molecular flexibility index (Phi) is 8.24. The number of hydrogen-bond donors (Lipinski definition) is 0. The van der Waals surface area contributed by atoms with Gasteiger partial charge in [0, 0.05) is 17.1 Å². The van der Waals surface area contributed by atoms with Crippen LogP contribution in [-0.4, -0.2) is 0 Å². The van der Waals surface area contributed by atoms with Crippen molar-refractivity contribution in [3.63, 3.8) is 0 Å². The summed E-state index contributed by atoms with van der Waals surface area (Å²) in [5.41, 5.74) is 12.9. The molecule has 0 aliphatic heterocycles. The van der Waals surface area contributed by atoms with E-state index in [9.17, 15) is 0 Å². The van der Waals surface area contributed by atoms with Crippen LogP contribution in [0.2, 0.25) is 0 Å². The highest BCUT2D eigenvalue weighted by molar-refractivity contribution is 6.20. The molecule has 55 heavy (non-hydrogen) atoms. The molecule has 1 heteroatoms. The molecule has 10 aromatic rings. The smallest absolute Gasteiger partial charge is 0.0467 e. The maximum absolute atomic E-state index is 2.36. The molecule has 10 rings (SSSR count). The Bertz CT molecular complexity index is 2930. The van der Waals surface area contributed by atoms with Gasteiger partial charge < -0.3 is 4.90 Å². The molecule has 10 aromatic carbocycles. The molecule has 0 aliphatic rings. The molecule has 0 saturated heterocycles. The van der Waals surface area contributed by atoms with Crippen LogP contribution in [0, 0.1) is 0 Å². The minimum Gasteiger partial charge on any atom is -0.310 e. The molecule has 0 aliphatic carbocycles. The SMILES string of the molecule is c1ccc(-c2ccc(-c3ccc(N(c4ccc(-c5ccc6c(ccc7ccc8ccccc8c76)c5)cc4)c4cccc(-c5ccccc5)c4)cc3)cc2)cc1. The summed E-state index contributed by atoms with van der Waals surface area (Å²) in [4.78, 5) is 2.36. The Labute approximate surface area is 322 Å². The van der Waals surface area contributed by atoms with Crippen molar-refractivity contribution < 1.29 is 0 Å². The van der Waals surface area contributed by atoms with E-state index in [1.54, 1.807) is 0 Å². The first kappa shape index (κ1) is 32.4. The highest BCUT2D eigenvalue weighted by Gasteiger charge is 2.15. The minimum atomic E-state index is 1.10. The Hall–Kier alpha value is -7.22. The Morgan fingerprint density at radius 3 is 1.27 bits per heavy atom. The van der Waals surface area contributed by atoms with Crippen LogP contribution in [0.25, 0.3) is 76.8 Å². The third-order valence-electron chi connectivity index (χ3n) is 10.8. The summed E-state index contributed by atoms with van der Waals surface area (Å²) in [6.07, 6.45) is 0. The van der Waals surface area contributed by atoms with Crippen molar-refractivity contribution in [2.24, 2.45) is 0 Å². The van der Waals surface area contributed by atoms with Crippen molar-refractivity contribution in [1.82, 2.24) is 0 Å². The number of rotatable bonds is 7. The molecule has 0 fully saturated rings. The number of fused-ring (bicyclic) bond motifs is 5. The van der Waals surface area contributed by atoms with Crippen molar-refractivity contribution in [3.05, 3.63) is 224 Å². The number of nitrogens with zero attached hydrogens (tertiary/aromatic N) is 1. The fraction of sp³-hybridized carbons (Fsp3) is 0. The van der Waals surface area contributed by atoms with Gasteiger partial charge in [0.1, 0.15) is 0 Å². The van der Waals surface area contributed by atoms with E-state index in [4.69, 9.17) is 0 Å². The van der Waals surface area contributed by atoms with E-state index in [2.05, 4.69) is 229 Å². The molecule has 0 unspecified atom stereocenters. The van der Waals surface area contributed by atoms with Crippen LogP contribution in [0.3, 0.4) is 0 Å². The lowest BCUT2D eigenvalue weighted by Crippen LogP contribution is -2.10. The van der Waals surface area contributed by atoms with Gasteiger partial charge in [0.15, 0.2) is 0 Å². The monoisotopic (exact) mass is 699 g/mol. The maximum atomic E-state index is 2.36. The zero-order chi connectivity index (χ0) is 36.6. The lowest BCUT2D eigenvalue weighted by atomic mass is 9.94. The molecular weight excluding hydrogens is 663 g/mol. The molecule has 0 atom stereocenters. The topological polar surface area (TPSA) is 3.24 Å². The van der Waals surface area contributed by atoms with Crippen molar-refractivity contribution in [2.75, 3.05) is 4.90 Å². The summed E-state index contributed by atoms with van der Waals surface area (Å²) in [5, 5.41) is 7.70. The third kappa shape index (κ3) is 6.22. The van der Waals surface area contributed by atoms with Crippen LogP contribution in [-0.2, 0) is 0 Å². The summed E-state index contributed by atoms with van der Waals surface area (Å²) in [5.74, 6) is 0. The van der Waals surface area contributed by atoms with Gasteiger partial charge in [-0.05, 0) is 119 Å². The summed E-state index contributed by atoms with van der Waals surface area (Å²) >= 11 is 0.